The Labute approximate surface area is 165 Å². The van der Waals surface area contributed by atoms with E-state index in [0.717, 1.165) is 29.7 Å². The van der Waals surface area contributed by atoms with Crippen LogP contribution in [0, 0.1) is 0 Å². The first-order valence-electron chi connectivity index (χ1n) is 9.43. The number of para-hydroxylation sites is 1. The number of carbonyl (C=O) groups excluding carboxylic acids is 2. The number of carbonyl (C=O) groups is 2. The molecule has 3 rings (SSSR count). The van der Waals surface area contributed by atoms with Crippen molar-refractivity contribution in [3.05, 3.63) is 54.1 Å². The van der Waals surface area contributed by atoms with Gasteiger partial charge < -0.3 is 19.7 Å². The van der Waals surface area contributed by atoms with Crippen LogP contribution < -0.4 is 10.1 Å². The van der Waals surface area contributed by atoms with E-state index in [2.05, 4.69) is 5.32 Å². The van der Waals surface area contributed by atoms with Gasteiger partial charge in [-0.25, -0.2) is 0 Å². The minimum Gasteiger partial charge on any atom is -0.496 e. The van der Waals surface area contributed by atoms with Crippen molar-refractivity contribution in [3.63, 3.8) is 0 Å². The van der Waals surface area contributed by atoms with Gasteiger partial charge in [0.05, 0.1) is 7.11 Å². The van der Waals surface area contributed by atoms with E-state index < -0.39 is 0 Å². The van der Waals surface area contributed by atoms with Crippen LogP contribution in [0.2, 0.25) is 0 Å². The second kappa shape index (κ2) is 9.37. The van der Waals surface area contributed by atoms with Gasteiger partial charge in [-0.3, -0.25) is 9.59 Å². The molecule has 28 heavy (non-hydrogen) atoms. The van der Waals surface area contributed by atoms with Gasteiger partial charge in [0.25, 0.3) is 5.91 Å². The van der Waals surface area contributed by atoms with Crippen LogP contribution in [0.3, 0.4) is 0 Å². The van der Waals surface area contributed by atoms with Crippen LogP contribution in [0.25, 0.3) is 11.1 Å². The molecule has 148 valence electrons. The third-order valence-corrected chi connectivity index (χ3v) is 4.97. The molecule has 1 heterocycles. The summed E-state index contributed by atoms with van der Waals surface area (Å²) < 4.78 is 10.2. The molecule has 0 radical (unpaired) electrons. The second-order valence-electron chi connectivity index (χ2n) is 6.84. The van der Waals surface area contributed by atoms with Gasteiger partial charge in [-0.05, 0) is 36.6 Å². The standard InChI is InChI=1S/C22H26N2O4/c1-27-15-21(25)23-18-11-13-24(14-12-18)22(26)17-9-7-16(8-10-17)19-5-3-4-6-20(19)28-2/h3-10,18H,11-15H2,1-2H3,(H,23,25). The molecule has 1 N–H and O–H groups in total. The number of methoxy groups -OCH3 is 2. The highest BCUT2D eigenvalue weighted by atomic mass is 16.5. The minimum absolute atomic E-state index is 0.0215. The summed E-state index contributed by atoms with van der Waals surface area (Å²) in [5, 5.41) is 2.94. The molecule has 0 saturated carbocycles. The van der Waals surface area contributed by atoms with Crippen molar-refractivity contribution in [2.24, 2.45) is 0 Å². The fourth-order valence-electron chi connectivity index (χ4n) is 3.49. The normalized spacial score (nSPS) is 14.6. The smallest absolute Gasteiger partial charge is 0.253 e. The number of likely N-dealkylation sites (tertiary alicyclic amines) is 1. The zero-order valence-electron chi connectivity index (χ0n) is 16.3. The van der Waals surface area contributed by atoms with E-state index in [1.165, 1.54) is 7.11 Å². The van der Waals surface area contributed by atoms with E-state index in [-0.39, 0.29) is 24.5 Å². The summed E-state index contributed by atoms with van der Waals surface area (Å²) in [5.74, 6) is 0.714. The zero-order chi connectivity index (χ0) is 19.9. The van der Waals surface area contributed by atoms with E-state index in [1.807, 2.05) is 53.4 Å². The fourth-order valence-corrected chi connectivity index (χ4v) is 3.49. The highest BCUT2D eigenvalue weighted by Crippen LogP contribution is 2.29. The number of amides is 2. The van der Waals surface area contributed by atoms with Crippen LogP contribution in [-0.4, -0.2) is 56.7 Å². The first kappa shape index (κ1) is 19.9. The number of hydrogen-bond donors (Lipinski definition) is 1. The Kier molecular flexibility index (Phi) is 6.66. The molecule has 1 aliphatic heterocycles. The molecule has 1 fully saturated rings. The predicted octanol–water partition coefficient (Wildman–Crippen LogP) is 2.73. The molecule has 0 aliphatic carbocycles. The van der Waals surface area contributed by atoms with E-state index in [9.17, 15) is 9.59 Å². The Balaban J connectivity index is 1.60. The lowest BCUT2D eigenvalue weighted by atomic mass is 10.0. The first-order valence-corrected chi connectivity index (χ1v) is 9.43. The van der Waals surface area contributed by atoms with E-state index in [1.54, 1.807) is 7.11 Å². The topological polar surface area (TPSA) is 67.9 Å². The van der Waals surface area contributed by atoms with Crippen LogP contribution in [0.4, 0.5) is 0 Å². The summed E-state index contributed by atoms with van der Waals surface area (Å²) in [6.45, 7) is 1.33. The SMILES string of the molecule is COCC(=O)NC1CCN(C(=O)c2ccc(-c3ccccc3OC)cc2)CC1. The van der Waals surface area contributed by atoms with Gasteiger partial charge in [-0.2, -0.15) is 0 Å². The van der Waals surface area contributed by atoms with Crippen molar-refractivity contribution in [1.29, 1.82) is 0 Å². The lowest BCUT2D eigenvalue weighted by Gasteiger charge is -2.32. The second-order valence-corrected chi connectivity index (χ2v) is 6.84. The Bertz CT molecular complexity index is 812. The van der Waals surface area contributed by atoms with Gasteiger partial charge in [0.2, 0.25) is 5.91 Å². The number of rotatable bonds is 6. The molecule has 2 aromatic carbocycles. The van der Waals surface area contributed by atoms with Crippen molar-refractivity contribution in [3.8, 4) is 16.9 Å². The molecule has 0 unspecified atom stereocenters. The Morgan fingerprint density at radius 3 is 2.36 bits per heavy atom. The van der Waals surface area contributed by atoms with Gasteiger partial charge in [-0.15, -0.1) is 0 Å². The van der Waals surface area contributed by atoms with E-state index in [0.29, 0.717) is 18.7 Å². The highest BCUT2D eigenvalue weighted by molar-refractivity contribution is 5.95. The van der Waals surface area contributed by atoms with Gasteiger partial charge in [0.1, 0.15) is 12.4 Å². The summed E-state index contributed by atoms with van der Waals surface area (Å²) in [6.07, 6.45) is 1.50. The first-order chi connectivity index (χ1) is 13.6. The third kappa shape index (κ3) is 4.70. The molecule has 1 aliphatic rings. The monoisotopic (exact) mass is 382 g/mol. The lowest BCUT2D eigenvalue weighted by Crippen LogP contribution is -2.47. The molecule has 0 bridgehead atoms. The number of nitrogens with zero attached hydrogens (tertiary/aromatic N) is 1. The summed E-state index contributed by atoms with van der Waals surface area (Å²) in [4.78, 5) is 26.3. The molecule has 2 aromatic rings. The summed E-state index contributed by atoms with van der Waals surface area (Å²) in [5.41, 5.74) is 2.67. The Morgan fingerprint density at radius 1 is 1.04 bits per heavy atom. The number of hydrogen-bond acceptors (Lipinski definition) is 4. The predicted molar refractivity (Wildman–Crippen MR) is 107 cm³/mol. The van der Waals surface area contributed by atoms with Crippen molar-refractivity contribution in [2.75, 3.05) is 33.9 Å². The van der Waals surface area contributed by atoms with Gasteiger partial charge in [0.15, 0.2) is 0 Å². The number of benzene rings is 2. The fraction of sp³-hybridized carbons (Fsp3) is 0.364. The van der Waals surface area contributed by atoms with Gasteiger partial charge in [0, 0.05) is 37.4 Å². The largest absolute Gasteiger partial charge is 0.496 e. The lowest BCUT2D eigenvalue weighted by molar-refractivity contribution is -0.125. The maximum Gasteiger partial charge on any atom is 0.253 e. The Morgan fingerprint density at radius 2 is 1.71 bits per heavy atom. The molecule has 6 heteroatoms. The molecule has 0 atom stereocenters. The molecule has 0 spiro atoms. The zero-order valence-corrected chi connectivity index (χ0v) is 16.3. The molecular weight excluding hydrogens is 356 g/mol. The van der Waals surface area contributed by atoms with Crippen LogP contribution in [0.15, 0.2) is 48.5 Å². The number of ether oxygens (including phenoxy) is 2. The van der Waals surface area contributed by atoms with Crippen LogP contribution >= 0.6 is 0 Å². The van der Waals surface area contributed by atoms with Crippen molar-refractivity contribution in [2.45, 2.75) is 18.9 Å². The van der Waals surface area contributed by atoms with Crippen LogP contribution in [0.1, 0.15) is 23.2 Å². The molecule has 6 nitrogen and oxygen atoms in total. The highest BCUT2D eigenvalue weighted by Gasteiger charge is 2.24. The van der Waals surface area contributed by atoms with Crippen LogP contribution in [-0.2, 0) is 9.53 Å². The van der Waals surface area contributed by atoms with Crippen molar-refractivity contribution >= 4 is 11.8 Å². The van der Waals surface area contributed by atoms with Crippen molar-refractivity contribution < 1.29 is 19.1 Å². The molecular formula is C22H26N2O4. The summed E-state index contributed by atoms with van der Waals surface area (Å²) in [6, 6.07) is 15.5. The quantitative estimate of drug-likeness (QED) is 0.834. The molecule has 0 aromatic heterocycles. The maximum atomic E-state index is 12.8. The Hall–Kier alpha value is -2.86. The van der Waals surface area contributed by atoms with E-state index >= 15 is 0 Å². The summed E-state index contributed by atoms with van der Waals surface area (Å²) >= 11 is 0. The van der Waals surface area contributed by atoms with Gasteiger partial charge >= 0.3 is 0 Å². The maximum absolute atomic E-state index is 12.8. The number of piperidine rings is 1. The third-order valence-electron chi connectivity index (χ3n) is 4.97. The minimum atomic E-state index is -0.112. The number of nitrogens with one attached hydrogen (secondary N) is 1. The molecule has 2 amide bonds. The average Bonchev–Trinajstić information content (AvgIpc) is 2.74. The molecule has 1 saturated heterocycles. The average molecular weight is 382 g/mol. The van der Waals surface area contributed by atoms with E-state index in [4.69, 9.17) is 9.47 Å². The van der Waals surface area contributed by atoms with Crippen LogP contribution in [0.5, 0.6) is 5.75 Å². The van der Waals surface area contributed by atoms with Gasteiger partial charge in [-0.1, -0.05) is 30.3 Å². The summed E-state index contributed by atoms with van der Waals surface area (Å²) in [7, 11) is 3.15. The van der Waals surface area contributed by atoms with Crippen molar-refractivity contribution in [1.82, 2.24) is 10.2 Å².